The van der Waals surface area contributed by atoms with Crippen molar-refractivity contribution in [2.24, 2.45) is 5.73 Å². The molecule has 1 aliphatic rings. The highest BCUT2D eigenvalue weighted by molar-refractivity contribution is 5.92. The summed E-state index contributed by atoms with van der Waals surface area (Å²) in [5, 5.41) is 9.79. The Bertz CT molecular complexity index is 1370. The second kappa shape index (κ2) is 10.8. The van der Waals surface area contributed by atoms with Crippen molar-refractivity contribution in [3.05, 3.63) is 82.7 Å². The normalized spacial score (nSPS) is 14.1. The van der Waals surface area contributed by atoms with Gasteiger partial charge in [-0.2, -0.15) is 5.26 Å². The van der Waals surface area contributed by atoms with Gasteiger partial charge in [0.05, 0.1) is 39.4 Å². The van der Waals surface area contributed by atoms with Crippen molar-refractivity contribution in [1.29, 1.82) is 5.26 Å². The lowest BCUT2D eigenvalue weighted by Crippen LogP contribution is -2.21. The van der Waals surface area contributed by atoms with Crippen molar-refractivity contribution in [3.8, 4) is 40.6 Å². The molecule has 0 saturated heterocycles. The Kier molecular flexibility index (Phi) is 7.39. The summed E-state index contributed by atoms with van der Waals surface area (Å²) in [7, 11) is 4.40. The largest absolute Gasteiger partial charge is 0.494 e. The van der Waals surface area contributed by atoms with Crippen LogP contribution in [0.25, 0.3) is 0 Å². The molecule has 4 rings (SSSR count). The van der Waals surface area contributed by atoms with Crippen molar-refractivity contribution >= 4 is 5.97 Å². The van der Waals surface area contributed by atoms with Crippen LogP contribution in [0.4, 0.5) is 0 Å². The second-order valence-electron chi connectivity index (χ2n) is 7.93. The Morgan fingerprint density at radius 3 is 2.19 bits per heavy atom. The number of carbonyl (C=O) groups is 1. The van der Waals surface area contributed by atoms with Gasteiger partial charge < -0.3 is 34.2 Å². The van der Waals surface area contributed by atoms with E-state index in [4.69, 9.17) is 34.2 Å². The Balaban J connectivity index is 1.65. The molecule has 2 N–H and O–H groups in total. The lowest BCUT2D eigenvalue weighted by molar-refractivity contribution is 0.0733. The summed E-state index contributed by atoms with van der Waals surface area (Å²) < 4.78 is 32.8. The topological polar surface area (TPSA) is 122 Å². The van der Waals surface area contributed by atoms with Gasteiger partial charge >= 0.3 is 5.97 Å². The highest BCUT2D eigenvalue weighted by Gasteiger charge is 2.31. The number of hydrogen-bond acceptors (Lipinski definition) is 9. The first kappa shape index (κ1) is 25.3. The Hall–Kier alpha value is -4.84. The van der Waals surface area contributed by atoms with Gasteiger partial charge in [-0.1, -0.05) is 18.2 Å². The molecule has 0 bridgehead atoms. The maximum Gasteiger partial charge on any atom is 0.343 e. The molecule has 3 aromatic rings. The minimum Gasteiger partial charge on any atom is -0.494 e. The Morgan fingerprint density at radius 2 is 1.62 bits per heavy atom. The van der Waals surface area contributed by atoms with Crippen LogP contribution in [0.3, 0.4) is 0 Å². The predicted octanol–water partition coefficient (Wildman–Crippen LogP) is 4.55. The molecule has 1 aliphatic heterocycles. The highest BCUT2D eigenvalue weighted by atomic mass is 16.5. The van der Waals surface area contributed by atoms with Crippen LogP contribution < -0.4 is 34.2 Å². The summed E-state index contributed by atoms with van der Waals surface area (Å²) in [6, 6.07) is 17.6. The molecule has 0 saturated carbocycles. The molecule has 37 heavy (non-hydrogen) atoms. The van der Waals surface area contributed by atoms with Gasteiger partial charge in [0, 0.05) is 11.6 Å². The number of ether oxygens (including phenoxy) is 6. The highest BCUT2D eigenvalue weighted by Crippen LogP contribution is 2.44. The van der Waals surface area contributed by atoms with Crippen LogP contribution >= 0.6 is 0 Å². The molecule has 3 aromatic carbocycles. The summed E-state index contributed by atoms with van der Waals surface area (Å²) in [6.07, 6.45) is 0. The fourth-order valence-electron chi connectivity index (χ4n) is 4.13. The van der Waals surface area contributed by atoms with Crippen LogP contribution in [0.5, 0.6) is 34.5 Å². The van der Waals surface area contributed by atoms with Crippen molar-refractivity contribution < 1.29 is 33.2 Å². The summed E-state index contributed by atoms with van der Waals surface area (Å²) in [6.45, 7) is 2.46. The molecule has 0 aliphatic carbocycles. The first-order chi connectivity index (χ1) is 17.9. The van der Waals surface area contributed by atoms with E-state index in [-0.39, 0.29) is 17.2 Å². The standard InChI is InChI=1S/C28H26N2O7/c1-5-35-18-8-6-16(7-9-18)25-20-11-10-19(14-22(20)37-27(30)21(25)15-29)36-28(31)17-12-23(32-2)26(34-4)24(13-17)33-3/h6-14,25H,5,30H2,1-4H3. The number of carbonyl (C=O) groups excluding carboxylic acids is 1. The Labute approximate surface area is 214 Å². The third kappa shape index (κ3) is 4.95. The van der Waals surface area contributed by atoms with E-state index in [0.717, 1.165) is 11.3 Å². The van der Waals surface area contributed by atoms with Crippen LogP contribution in [0, 0.1) is 11.3 Å². The maximum atomic E-state index is 12.9. The van der Waals surface area contributed by atoms with Gasteiger partial charge in [-0.3, -0.25) is 0 Å². The number of nitriles is 1. The van der Waals surface area contributed by atoms with Gasteiger partial charge in [-0.15, -0.1) is 0 Å². The Morgan fingerprint density at radius 1 is 0.973 bits per heavy atom. The van der Waals surface area contributed by atoms with E-state index in [0.29, 0.717) is 40.7 Å². The van der Waals surface area contributed by atoms with Crippen molar-refractivity contribution in [2.45, 2.75) is 12.8 Å². The molecule has 0 radical (unpaired) electrons. The predicted molar refractivity (Wildman–Crippen MR) is 134 cm³/mol. The molecule has 190 valence electrons. The fraction of sp³-hybridized carbons (Fsp3) is 0.214. The van der Waals surface area contributed by atoms with Crippen LogP contribution in [0.15, 0.2) is 66.1 Å². The molecule has 0 amide bonds. The first-order valence-corrected chi connectivity index (χ1v) is 11.4. The number of methoxy groups -OCH3 is 3. The smallest absolute Gasteiger partial charge is 0.343 e. The average molecular weight is 503 g/mol. The number of esters is 1. The molecule has 0 spiro atoms. The average Bonchev–Trinajstić information content (AvgIpc) is 2.91. The minimum absolute atomic E-state index is 0.0120. The third-order valence-electron chi connectivity index (χ3n) is 5.83. The number of nitrogens with two attached hydrogens (primary N) is 1. The number of benzene rings is 3. The number of fused-ring (bicyclic) bond motifs is 1. The van der Waals surface area contributed by atoms with Crippen molar-refractivity contribution in [3.63, 3.8) is 0 Å². The second-order valence-corrected chi connectivity index (χ2v) is 7.93. The number of allylic oxidation sites excluding steroid dienone is 1. The molecule has 1 heterocycles. The summed E-state index contributed by atoms with van der Waals surface area (Å²) in [4.78, 5) is 12.9. The zero-order valence-corrected chi connectivity index (χ0v) is 20.9. The van der Waals surface area contributed by atoms with E-state index in [2.05, 4.69) is 6.07 Å². The molecule has 1 unspecified atom stereocenters. The van der Waals surface area contributed by atoms with Gasteiger partial charge in [0.1, 0.15) is 28.9 Å². The molecule has 0 aromatic heterocycles. The van der Waals surface area contributed by atoms with Crippen LogP contribution in [0.1, 0.15) is 34.3 Å². The molecule has 9 nitrogen and oxygen atoms in total. The van der Waals surface area contributed by atoms with Crippen LogP contribution in [-0.4, -0.2) is 33.9 Å². The van der Waals surface area contributed by atoms with Gasteiger partial charge in [-0.25, -0.2) is 4.79 Å². The number of nitrogens with zero attached hydrogens (tertiary/aromatic N) is 1. The van der Waals surface area contributed by atoms with Crippen LogP contribution in [-0.2, 0) is 0 Å². The zero-order valence-electron chi connectivity index (χ0n) is 20.9. The monoisotopic (exact) mass is 502 g/mol. The van der Waals surface area contributed by atoms with Gasteiger partial charge in [-0.05, 0) is 42.8 Å². The molecule has 0 fully saturated rings. The number of rotatable bonds is 8. The molecular weight excluding hydrogens is 476 g/mol. The van der Waals surface area contributed by atoms with Gasteiger partial charge in [0.15, 0.2) is 11.5 Å². The summed E-state index contributed by atoms with van der Waals surface area (Å²) >= 11 is 0. The summed E-state index contributed by atoms with van der Waals surface area (Å²) in [5.41, 5.74) is 8.15. The molecular formula is C28H26N2O7. The van der Waals surface area contributed by atoms with E-state index in [1.165, 1.54) is 33.5 Å². The van der Waals surface area contributed by atoms with E-state index < -0.39 is 11.9 Å². The quantitative estimate of drug-likeness (QED) is 0.349. The minimum atomic E-state index is -0.640. The number of hydrogen-bond donors (Lipinski definition) is 1. The fourth-order valence-corrected chi connectivity index (χ4v) is 4.13. The van der Waals surface area contributed by atoms with E-state index in [1.807, 2.05) is 31.2 Å². The lowest BCUT2D eigenvalue weighted by Gasteiger charge is -2.26. The lowest BCUT2D eigenvalue weighted by atomic mass is 9.83. The van der Waals surface area contributed by atoms with Gasteiger partial charge in [0.25, 0.3) is 0 Å². The van der Waals surface area contributed by atoms with E-state index in [1.54, 1.807) is 18.2 Å². The van der Waals surface area contributed by atoms with E-state index >= 15 is 0 Å². The van der Waals surface area contributed by atoms with Gasteiger partial charge in [0.2, 0.25) is 11.6 Å². The SMILES string of the molecule is CCOc1ccc(C2C(C#N)=C(N)Oc3cc(OC(=O)c4cc(OC)c(OC)c(OC)c4)ccc32)cc1. The first-order valence-electron chi connectivity index (χ1n) is 11.4. The van der Waals surface area contributed by atoms with Crippen LogP contribution in [0.2, 0.25) is 0 Å². The molecule has 9 heteroatoms. The van der Waals surface area contributed by atoms with E-state index in [9.17, 15) is 10.1 Å². The zero-order chi connectivity index (χ0) is 26.5. The molecule has 1 atom stereocenters. The van der Waals surface area contributed by atoms with Crippen molar-refractivity contribution in [2.75, 3.05) is 27.9 Å². The maximum absolute atomic E-state index is 12.9. The third-order valence-corrected chi connectivity index (χ3v) is 5.83. The summed E-state index contributed by atoms with van der Waals surface area (Å²) in [5.74, 6) is 1.24. The van der Waals surface area contributed by atoms with Crippen molar-refractivity contribution in [1.82, 2.24) is 0 Å².